The van der Waals surface area contributed by atoms with Gasteiger partial charge < -0.3 is 5.32 Å². The van der Waals surface area contributed by atoms with E-state index in [9.17, 15) is 9.59 Å². The Bertz CT molecular complexity index is 293. The molecule has 0 fully saturated rings. The lowest BCUT2D eigenvalue weighted by atomic mass is 10.4. The van der Waals surface area contributed by atoms with Crippen molar-refractivity contribution in [1.29, 1.82) is 0 Å². The van der Waals surface area contributed by atoms with Gasteiger partial charge in [-0.2, -0.15) is 0 Å². The monoisotopic (exact) mass is 183 g/mol. The maximum absolute atomic E-state index is 11.2. The molecule has 12 heavy (non-hydrogen) atoms. The van der Waals surface area contributed by atoms with Crippen molar-refractivity contribution < 1.29 is 9.59 Å². The van der Waals surface area contributed by atoms with Gasteiger partial charge >= 0.3 is 0 Å². The SMILES string of the molecule is CCNC(=O)c1ccc(C=O)s1. The van der Waals surface area contributed by atoms with Gasteiger partial charge in [-0.3, -0.25) is 9.59 Å². The van der Waals surface area contributed by atoms with Crippen molar-refractivity contribution in [1.82, 2.24) is 5.32 Å². The third-order valence-electron chi connectivity index (χ3n) is 1.30. The first-order valence-corrected chi connectivity index (χ1v) is 4.42. The molecule has 3 nitrogen and oxygen atoms in total. The predicted octanol–water partition coefficient (Wildman–Crippen LogP) is 1.31. The second-order valence-corrected chi connectivity index (χ2v) is 3.29. The summed E-state index contributed by atoms with van der Waals surface area (Å²) >= 11 is 1.20. The minimum atomic E-state index is -0.115. The van der Waals surface area contributed by atoms with Crippen molar-refractivity contribution in [3.63, 3.8) is 0 Å². The highest BCUT2D eigenvalue weighted by Crippen LogP contribution is 2.13. The molecule has 0 spiro atoms. The molecular weight excluding hydrogens is 174 g/mol. The first-order chi connectivity index (χ1) is 5.77. The number of nitrogens with one attached hydrogen (secondary N) is 1. The highest BCUT2D eigenvalue weighted by Gasteiger charge is 2.06. The summed E-state index contributed by atoms with van der Waals surface area (Å²) in [6.07, 6.45) is 0.743. The van der Waals surface area contributed by atoms with Crippen LogP contribution in [0.3, 0.4) is 0 Å². The van der Waals surface area contributed by atoms with E-state index in [0.717, 1.165) is 6.29 Å². The van der Waals surface area contributed by atoms with Crippen LogP contribution in [-0.4, -0.2) is 18.7 Å². The molecule has 0 aliphatic carbocycles. The number of carbonyl (C=O) groups excluding carboxylic acids is 2. The molecule has 0 aromatic carbocycles. The van der Waals surface area contributed by atoms with Gasteiger partial charge in [-0.25, -0.2) is 0 Å². The molecule has 1 aromatic rings. The van der Waals surface area contributed by atoms with Crippen LogP contribution in [0.25, 0.3) is 0 Å². The highest BCUT2D eigenvalue weighted by molar-refractivity contribution is 7.15. The quantitative estimate of drug-likeness (QED) is 0.718. The fraction of sp³-hybridized carbons (Fsp3) is 0.250. The van der Waals surface area contributed by atoms with Gasteiger partial charge in [0.1, 0.15) is 0 Å². The summed E-state index contributed by atoms with van der Waals surface area (Å²) in [5, 5.41) is 2.65. The van der Waals surface area contributed by atoms with E-state index in [1.165, 1.54) is 11.3 Å². The van der Waals surface area contributed by atoms with Crippen LogP contribution in [-0.2, 0) is 0 Å². The maximum Gasteiger partial charge on any atom is 0.261 e. The lowest BCUT2D eigenvalue weighted by Crippen LogP contribution is -2.21. The van der Waals surface area contributed by atoms with E-state index in [-0.39, 0.29) is 5.91 Å². The minimum absolute atomic E-state index is 0.115. The second kappa shape index (κ2) is 4.01. The Morgan fingerprint density at radius 3 is 2.92 bits per heavy atom. The zero-order valence-corrected chi connectivity index (χ0v) is 7.48. The molecule has 1 N–H and O–H groups in total. The smallest absolute Gasteiger partial charge is 0.261 e. The molecule has 64 valence electrons. The van der Waals surface area contributed by atoms with Gasteiger partial charge in [-0.05, 0) is 19.1 Å². The Hall–Kier alpha value is -1.16. The summed E-state index contributed by atoms with van der Waals surface area (Å²) in [5.41, 5.74) is 0. The lowest BCUT2D eigenvalue weighted by Gasteiger charge is -1.96. The summed E-state index contributed by atoms with van der Waals surface area (Å²) in [5.74, 6) is -0.115. The van der Waals surface area contributed by atoms with Crippen molar-refractivity contribution in [2.75, 3.05) is 6.54 Å². The molecule has 0 unspecified atom stereocenters. The van der Waals surface area contributed by atoms with Gasteiger partial charge in [0.25, 0.3) is 5.91 Å². The molecule has 0 atom stereocenters. The van der Waals surface area contributed by atoms with Crippen molar-refractivity contribution in [2.45, 2.75) is 6.92 Å². The molecule has 1 rings (SSSR count). The largest absolute Gasteiger partial charge is 0.352 e. The summed E-state index contributed by atoms with van der Waals surface area (Å²) in [6.45, 7) is 2.46. The van der Waals surface area contributed by atoms with Crippen LogP contribution < -0.4 is 5.32 Å². The Kier molecular flexibility index (Phi) is 2.99. The Balaban J connectivity index is 2.74. The van der Waals surface area contributed by atoms with Gasteiger partial charge in [-0.1, -0.05) is 0 Å². The van der Waals surface area contributed by atoms with Crippen LogP contribution in [0, 0.1) is 0 Å². The first kappa shape index (κ1) is 8.93. The lowest BCUT2D eigenvalue weighted by molar-refractivity contribution is 0.0959. The molecule has 4 heteroatoms. The zero-order valence-electron chi connectivity index (χ0n) is 6.66. The fourth-order valence-corrected chi connectivity index (χ4v) is 1.52. The molecule has 0 radical (unpaired) electrons. The highest BCUT2D eigenvalue weighted by atomic mass is 32.1. The zero-order chi connectivity index (χ0) is 8.97. The van der Waals surface area contributed by atoms with Crippen molar-refractivity contribution in [3.8, 4) is 0 Å². The molecule has 0 aliphatic heterocycles. The number of rotatable bonds is 3. The van der Waals surface area contributed by atoms with Crippen LogP contribution in [0.15, 0.2) is 12.1 Å². The van der Waals surface area contributed by atoms with Crippen molar-refractivity contribution in [3.05, 3.63) is 21.9 Å². The van der Waals surface area contributed by atoms with Gasteiger partial charge in [0, 0.05) is 6.54 Å². The molecule has 0 aliphatic rings. The molecule has 0 saturated heterocycles. The second-order valence-electron chi connectivity index (χ2n) is 2.18. The summed E-state index contributed by atoms with van der Waals surface area (Å²) in [7, 11) is 0. The Morgan fingerprint density at radius 1 is 1.67 bits per heavy atom. The van der Waals surface area contributed by atoms with E-state index in [2.05, 4.69) is 5.32 Å². The molecule has 0 saturated carbocycles. The number of carbonyl (C=O) groups is 2. The topological polar surface area (TPSA) is 46.2 Å². The number of hydrogen-bond acceptors (Lipinski definition) is 3. The van der Waals surface area contributed by atoms with E-state index in [4.69, 9.17) is 0 Å². The molecular formula is C8H9NO2S. The number of hydrogen-bond donors (Lipinski definition) is 1. The molecule has 1 aromatic heterocycles. The Morgan fingerprint density at radius 2 is 2.42 bits per heavy atom. The van der Waals surface area contributed by atoms with Crippen LogP contribution in [0.4, 0.5) is 0 Å². The van der Waals surface area contributed by atoms with Gasteiger partial charge in [0.2, 0.25) is 0 Å². The number of thiophene rings is 1. The molecule has 1 amide bonds. The average molecular weight is 183 g/mol. The van der Waals surface area contributed by atoms with E-state index in [1.807, 2.05) is 6.92 Å². The summed E-state index contributed by atoms with van der Waals surface area (Å²) in [6, 6.07) is 3.29. The molecule has 0 bridgehead atoms. The first-order valence-electron chi connectivity index (χ1n) is 3.61. The van der Waals surface area contributed by atoms with Crippen molar-refractivity contribution in [2.24, 2.45) is 0 Å². The van der Waals surface area contributed by atoms with Crippen molar-refractivity contribution >= 4 is 23.5 Å². The fourth-order valence-electron chi connectivity index (χ4n) is 0.786. The third kappa shape index (κ3) is 1.92. The normalized spacial score (nSPS) is 9.42. The predicted molar refractivity (Wildman–Crippen MR) is 47.7 cm³/mol. The summed E-state index contributed by atoms with van der Waals surface area (Å²) in [4.78, 5) is 22.6. The summed E-state index contributed by atoms with van der Waals surface area (Å²) < 4.78 is 0. The number of aldehydes is 1. The van der Waals surface area contributed by atoms with E-state index in [0.29, 0.717) is 16.3 Å². The molecule has 1 heterocycles. The van der Waals surface area contributed by atoms with Gasteiger partial charge in [0.05, 0.1) is 9.75 Å². The van der Waals surface area contributed by atoms with Crippen LogP contribution in [0.5, 0.6) is 0 Å². The van der Waals surface area contributed by atoms with Crippen LogP contribution in [0.1, 0.15) is 26.3 Å². The van der Waals surface area contributed by atoms with Crippen LogP contribution in [0.2, 0.25) is 0 Å². The van der Waals surface area contributed by atoms with Crippen LogP contribution >= 0.6 is 11.3 Å². The standard InChI is InChI=1S/C8H9NO2S/c1-2-9-8(11)7-4-3-6(5-10)12-7/h3-5H,2H2,1H3,(H,9,11). The maximum atomic E-state index is 11.2. The number of amides is 1. The van der Waals surface area contributed by atoms with Gasteiger partial charge in [0.15, 0.2) is 6.29 Å². The van der Waals surface area contributed by atoms with E-state index < -0.39 is 0 Å². The third-order valence-corrected chi connectivity index (χ3v) is 2.31. The Labute approximate surface area is 74.4 Å². The minimum Gasteiger partial charge on any atom is -0.352 e. The average Bonchev–Trinajstić information content (AvgIpc) is 2.52. The van der Waals surface area contributed by atoms with E-state index in [1.54, 1.807) is 12.1 Å². The van der Waals surface area contributed by atoms with Gasteiger partial charge in [-0.15, -0.1) is 11.3 Å². The van der Waals surface area contributed by atoms with E-state index >= 15 is 0 Å².